The van der Waals surface area contributed by atoms with E-state index in [1.54, 1.807) is 6.07 Å². The number of aromatic amines is 1. The first-order valence-electron chi connectivity index (χ1n) is 7.36. The van der Waals surface area contributed by atoms with Crippen LogP contribution in [0.3, 0.4) is 0 Å². The molecule has 5 heteroatoms. The summed E-state index contributed by atoms with van der Waals surface area (Å²) in [5, 5.41) is 12.1. The van der Waals surface area contributed by atoms with Crippen LogP contribution in [0.1, 0.15) is 30.1 Å². The van der Waals surface area contributed by atoms with E-state index in [0.29, 0.717) is 25.1 Å². The van der Waals surface area contributed by atoms with Gasteiger partial charge in [0, 0.05) is 12.2 Å². The Balaban J connectivity index is 2.07. The number of hydrogen-bond donors (Lipinski definition) is 3. The monoisotopic (exact) mass is 300 g/mol. The summed E-state index contributed by atoms with van der Waals surface area (Å²) in [6.45, 7) is 2.22. The largest absolute Gasteiger partial charge is 0.393 e. The lowest BCUT2D eigenvalue weighted by Gasteiger charge is -2.09. The van der Waals surface area contributed by atoms with Crippen LogP contribution in [-0.2, 0) is 0 Å². The summed E-state index contributed by atoms with van der Waals surface area (Å²) in [7, 11) is 0. The number of benzene rings is 1. The van der Waals surface area contributed by atoms with Gasteiger partial charge in [0.15, 0.2) is 0 Å². The highest BCUT2D eigenvalue weighted by molar-refractivity contribution is 5.94. The molecule has 0 aliphatic heterocycles. The van der Waals surface area contributed by atoms with E-state index in [9.17, 15) is 14.7 Å². The maximum absolute atomic E-state index is 12.0. The van der Waals surface area contributed by atoms with E-state index in [2.05, 4.69) is 10.3 Å². The van der Waals surface area contributed by atoms with E-state index in [1.165, 1.54) is 6.07 Å². The van der Waals surface area contributed by atoms with Crippen molar-refractivity contribution < 1.29 is 9.90 Å². The summed E-state index contributed by atoms with van der Waals surface area (Å²) < 4.78 is 0. The minimum Gasteiger partial charge on any atom is -0.393 e. The van der Waals surface area contributed by atoms with Crippen molar-refractivity contribution in [3.63, 3.8) is 0 Å². The van der Waals surface area contributed by atoms with Crippen molar-refractivity contribution in [2.45, 2.75) is 25.9 Å². The summed E-state index contributed by atoms with van der Waals surface area (Å²) >= 11 is 0. The van der Waals surface area contributed by atoms with Crippen molar-refractivity contribution >= 4 is 5.91 Å². The third-order valence-electron chi connectivity index (χ3n) is 3.47. The minimum absolute atomic E-state index is 0.0747. The molecular formula is C17H20N2O3. The number of aromatic nitrogens is 1. The molecule has 0 bridgehead atoms. The Morgan fingerprint density at radius 3 is 2.59 bits per heavy atom. The van der Waals surface area contributed by atoms with E-state index >= 15 is 0 Å². The van der Waals surface area contributed by atoms with Crippen molar-refractivity contribution in [2.24, 2.45) is 0 Å². The average Bonchev–Trinajstić information content (AvgIpc) is 2.55. The molecule has 116 valence electrons. The first-order valence-corrected chi connectivity index (χ1v) is 7.36. The lowest BCUT2D eigenvalue weighted by molar-refractivity contribution is 0.0940. The van der Waals surface area contributed by atoms with Gasteiger partial charge in [0.2, 0.25) is 0 Å². The molecule has 1 amide bonds. The van der Waals surface area contributed by atoms with Gasteiger partial charge >= 0.3 is 0 Å². The van der Waals surface area contributed by atoms with E-state index in [4.69, 9.17) is 0 Å². The number of pyridine rings is 1. The lowest BCUT2D eigenvalue weighted by atomic mass is 10.1. The van der Waals surface area contributed by atoms with Gasteiger partial charge in [-0.05, 0) is 30.5 Å². The first-order chi connectivity index (χ1) is 10.6. The molecule has 0 fully saturated rings. The first kappa shape index (κ1) is 16.0. The van der Waals surface area contributed by atoms with Crippen LogP contribution >= 0.6 is 0 Å². The van der Waals surface area contributed by atoms with E-state index in [0.717, 1.165) is 5.56 Å². The number of carbonyl (C=O) groups is 1. The van der Waals surface area contributed by atoms with Gasteiger partial charge in [-0.3, -0.25) is 9.59 Å². The van der Waals surface area contributed by atoms with E-state index in [1.807, 2.05) is 37.3 Å². The summed E-state index contributed by atoms with van der Waals surface area (Å²) in [5.74, 6) is -0.427. The molecule has 0 saturated heterocycles. The van der Waals surface area contributed by atoms with Gasteiger partial charge in [-0.1, -0.05) is 37.3 Å². The van der Waals surface area contributed by atoms with Gasteiger partial charge < -0.3 is 15.4 Å². The summed E-state index contributed by atoms with van der Waals surface area (Å²) in [6.07, 6.45) is 0.684. The standard InChI is InChI=1S/C17H20N2O3/c1-2-13(20)10-11-18-16(21)14-8-9-15(19-17(14)22)12-6-4-3-5-7-12/h3-9,13,20H,2,10-11H2,1H3,(H,18,21)(H,19,22). The number of amides is 1. The van der Waals surface area contributed by atoms with Crippen LogP contribution in [0.4, 0.5) is 0 Å². The Hall–Kier alpha value is -2.40. The van der Waals surface area contributed by atoms with Crippen LogP contribution in [0.15, 0.2) is 47.3 Å². The normalized spacial score (nSPS) is 11.9. The Bertz CT molecular complexity index is 680. The zero-order valence-electron chi connectivity index (χ0n) is 12.5. The van der Waals surface area contributed by atoms with Gasteiger partial charge in [0.1, 0.15) is 5.56 Å². The number of rotatable bonds is 6. The van der Waals surface area contributed by atoms with Gasteiger partial charge in [-0.25, -0.2) is 0 Å². The van der Waals surface area contributed by atoms with Gasteiger partial charge in [-0.2, -0.15) is 0 Å². The van der Waals surface area contributed by atoms with Gasteiger partial charge in [-0.15, -0.1) is 0 Å². The zero-order valence-corrected chi connectivity index (χ0v) is 12.5. The van der Waals surface area contributed by atoms with Crippen molar-refractivity contribution in [1.82, 2.24) is 10.3 Å². The number of nitrogens with one attached hydrogen (secondary N) is 2. The Kier molecular flexibility index (Phi) is 5.49. The third-order valence-corrected chi connectivity index (χ3v) is 3.47. The van der Waals surface area contributed by atoms with Gasteiger partial charge in [0.05, 0.1) is 6.10 Å². The van der Waals surface area contributed by atoms with E-state index < -0.39 is 17.6 Å². The van der Waals surface area contributed by atoms with Gasteiger partial charge in [0.25, 0.3) is 11.5 Å². The molecule has 22 heavy (non-hydrogen) atoms. The third kappa shape index (κ3) is 4.05. The predicted molar refractivity (Wildman–Crippen MR) is 85.7 cm³/mol. The highest BCUT2D eigenvalue weighted by Gasteiger charge is 2.11. The molecule has 5 nitrogen and oxygen atoms in total. The van der Waals surface area contributed by atoms with Crippen LogP contribution in [0.2, 0.25) is 0 Å². The molecule has 0 spiro atoms. The topological polar surface area (TPSA) is 82.2 Å². The smallest absolute Gasteiger partial charge is 0.261 e. The fourth-order valence-electron chi connectivity index (χ4n) is 2.09. The number of carbonyl (C=O) groups excluding carboxylic acids is 1. The predicted octanol–water partition coefficient (Wildman–Crippen LogP) is 1.93. The fraction of sp³-hybridized carbons (Fsp3) is 0.294. The molecule has 2 aromatic rings. The van der Waals surface area contributed by atoms with Crippen LogP contribution in [0, 0.1) is 0 Å². The fourth-order valence-corrected chi connectivity index (χ4v) is 2.09. The molecular weight excluding hydrogens is 280 g/mol. The number of aliphatic hydroxyl groups is 1. The maximum atomic E-state index is 12.0. The molecule has 1 atom stereocenters. The minimum atomic E-state index is -0.431. The molecule has 1 aromatic carbocycles. The molecule has 0 radical (unpaired) electrons. The Morgan fingerprint density at radius 2 is 1.95 bits per heavy atom. The lowest BCUT2D eigenvalue weighted by Crippen LogP contribution is -2.31. The maximum Gasteiger partial charge on any atom is 0.261 e. The molecule has 0 aliphatic carbocycles. The molecule has 1 unspecified atom stereocenters. The molecule has 0 aliphatic rings. The van der Waals surface area contributed by atoms with Crippen LogP contribution in [-0.4, -0.2) is 28.6 Å². The molecule has 2 rings (SSSR count). The van der Waals surface area contributed by atoms with Crippen LogP contribution < -0.4 is 10.9 Å². The Labute approximate surface area is 129 Å². The second kappa shape index (κ2) is 7.56. The molecule has 1 aromatic heterocycles. The Morgan fingerprint density at radius 1 is 1.23 bits per heavy atom. The molecule has 0 saturated carbocycles. The quantitative estimate of drug-likeness (QED) is 0.762. The number of H-pyrrole nitrogens is 1. The highest BCUT2D eigenvalue weighted by atomic mass is 16.3. The van der Waals surface area contributed by atoms with Crippen LogP contribution in [0.5, 0.6) is 0 Å². The summed E-state index contributed by atoms with van der Waals surface area (Å²) in [4.78, 5) is 26.7. The molecule has 3 N–H and O–H groups in total. The second-order valence-corrected chi connectivity index (χ2v) is 5.09. The highest BCUT2D eigenvalue weighted by Crippen LogP contribution is 2.14. The van der Waals surface area contributed by atoms with Crippen molar-refractivity contribution in [2.75, 3.05) is 6.54 Å². The van der Waals surface area contributed by atoms with Crippen LogP contribution in [0.25, 0.3) is 11.3 Å². The van der Waals surface area contributed by atoms with E-state index in [-0.39, 0.29) is 5.56 Å². The zero-order chi connectivity index (χ0) is 15.9. The van der Waals surface area contributed by atoms with Crippen molar-refractivity contribution in [1.29, 1.82) is 0 Å². The van der Waals surface area contributed by atoms with Crippen molar-refractivity contribution in [3.05, 3.63) is 58.4 Å². The SMILES string of the molecule is CCC(O)CCNC(=O)c1ccc(-c2ccccc2)[nH]c1=O. The van der Waals surface area contributed by atoms with Crippen molar-refractivity contribution in [3.8, 4) is 11.3 Å². The second-order valence-electron chi connectivity index (χ2n) is 5.09. The number of aliphatic hydroxyl groups excluding tert-OH is 1. The summed E-state index contributed by atoms with van der Waals surface area (Å²) in [6, 6.07) is 12.7. The average molecular weight is 300 g/mol. The number of hydrogen-bond acceptors (Lipinski definition) is 3. The summed E-state index contributed by atoms with van der Waals surface area (Å²) in [5.41, 5.74) is 1.21. The molecule has 1 heterocycles.